The van der Waals surface area contributed by atoms with E-state index in [2.05, 4.69) is 12.1 Å². The molecule has 0 radical (unpaired) electrons. The lowest BCUT2D eigenvalue weighted by Gasteiger charge is -2.23. The molecule has 1 amide bonds. The third kappa shape index (κ3) is 3.84. The Balaban J connectivity index is 1.94. The molecule has 18 heavy (non-hydrogen) atoms. The number of carbonyl (C=O) groups is 1. The van der Waals surface area contributed by atoms with Gasteiger partial charge in [0.05, 0.1) is 6.10 Å². The van der Waals surface area contributed by atoms with E-state index in [0.29, 0.717) is 25.4 Å². The molecule has 0 saturated heterocycles. The van der Waals surface area contributed by atoms with Crippen LogP contribution in [0.15, 0.2) is 30.3 Å². The molecule has 0 heterocycles. The minimum Gasteiger partial charge on any atom is -0.393 e. The maximum Gasteiger partial charge on any atom is 0.223 e. The Kier molecular flexibility index (Phi) is 4.37. The van der Waals surface area contributed by atoms with E-state index in [-0.39, 0.29) is 5.91 Å². The summed E-state index contributed by atoms with van der Waals surface area (Å²) < 4.78 is 0. The van der Waals surface area contributed by atoms with Crippen molar-refractivity contribution in [2.24, 2.45) is 0 Å². The molecule has 98 valence electrons. The Labute approximate surface area is 108 Å². The highest BCUT2D eigenvalue weighted by atomic mass is 16.3. The Hall–Kier alpha value is -1.35. The van der Waals surface area contributed by atoms with Gasteiger partial charge in [0, 0.05) is 19.0 Å². The van der Waals surface area contributed by atoms with Gasteiger partial charge < -0.3 is 10.0 Å². The van der Waals surface area contributed by atoms with Crippen LogP contribution in [-0.2, 0) is 11.3 Å². The first-order valence-electron chi connectivity index (χ1n) is 6.68. The van der Waals surface area contributed by atoms with Crippen LogP contribution in [0, 0.1) is 0 Å². The second kappa shape index (κ2) is 6.01. The zero-order valence-corrected chi connectivity index (χ0v) is 10.9. The molecule has 1 aliphatic carbocycles. The van der Waals surface area contributed by atoms with E-state index in [1.807, 2.05) is 23.1 Å². The van der Waals surface area contributed by atoms with Crippen molar-refractivity contribution in [1.82, 2.24) is 4.90 Å². The Bertz CT molecular complexity index is 385. The predicted octanol–water partition coefficient (Wildman–Crippen LogP) is 2.34. The molecule has 0 bridgehead atoms. The number of amides is 1. The molecule has 2 rings (SSSR count). The van der Waals surface area contributed by atoms with Crippen molar-refractivity contribution in [3.63, 3.8) is 0 Å². The highest BCUT2D eigenvalue weighted by Gasteiger charge is 2.32. The van der Waals surface area contributed by atoms with Crippen molar-refractivity contribution in [3.05, 3.63) is 35.9 Å². The second-order valence-electron chi connectivity index (χ2n) is 5.13. The van der Waals surface area contributed by atoms with Crippen LogP contribution >= 0.6 is 0 Å². The topological polar surface area (TPSA) is 40.5 Å². The van der Waals surface area contributed by atoms with Gasteiger partial charge in [0.1, 0.15) is 0 Å². The fourth-order valence-electron chi connectivity index (χ4n) is 2.06. The summed E-state index contributed by atoms with van der Waals surface area (Å²) in [5.41, 5.74) is 1.18. The molecule has 0 aromatic heterocycles. The summed E-state index contributed by atoms with van der Waals surface area (Å²) in [7, 11) is 0. The number of nitrogens with zero attached hydrogens (tertiary/aromatic N) is 1. The summed E-state index contributed by atoms with van der Waals surface area (Å²) in [4.78, 5) is 14.1. The highest BCUT2D eigenvalue weighted by Crippen LogP contribution is 2.29. The molecule has 1 aliphatic rings. The minimum atomic E-state index is -0.397. The third-order valence-electron chi connectivity index (χ3n) is 3.28. The third-order valence-corrected chi connectivity index (χ3v) is 3.28. The fraction of sp³-hybridized carbons (Fsp3) is 0.533. The maximum absolute atomic E-state index is 12.1. The monoisotopic (exact) mass is 247 g/mol. The number of carbonyl (C=O) groups excluding carboxylic acids is 1. The number of hydrogen-bond donors (Lipinski definition) is 1. The van der Waals surface area contributed by atoms with Crippen LogP contribution in [-0.4, -0.2) is 28.1 Å². The zero-order valence-electron chi connectivity index (χ0n) is 10.9. The van der Waals surface area contributed by atoms with Gasteiger partial charge >= 0.3 is 0 Å². The summed E-state index contributed by atoms with van der Waals surface area (Å²) in [5.74, 6) is 0.169. The Morgan fingerprint density at radius 3 is 2.61 bits per heavy atom. The second-order valence-corrected chi connectivity index (χ2v) is 5.13. The number of benzene rings is 1. The molecular formula is C15H21NO2. The van der Waals surface area contributed by atoms with Gasteiger partial charge in [-0.1, -0.05) is 30.3 Å². The molecule has 3 nitrogen and oxygen atoms in total. The zero-order chi connectivity index (χ0) is 13.0. The first-order valence-corrected chi connectivity index (χ1v) is 6.68. The average Bonchev–Trinajstić information content (AvgIpc) is 3.18. The van der Waals surface area contributed by atoms with E-state index >= 15 is 0 Å². The van der Waals surface area contributed by atoms with Crippen LogP contribution in [0.1, 0.15) is 38.2 Å². The Morgan fingerprint density at radius 2 is 2.06 bits per heavy atom. The van der Waals surface area contributed by atoms with E-state index in [4.69, 9.17) is 0 Å². The van der Waals surface area contributed by atoms with Crippen molar-refractivity contribution in [2.75, 3.05) is 0 Å². The van der Waals surface area contributed by atoms with E-state index in [1.165, 1.54) is 5.56 Å². The van der Waals surface area contributed by atoms with E-state index < -0.39 is 6.10 Å². The van der Waals surface area contributed by atoms with Gasteiger partial charge in [-0.25, -0.2) is 0 Å². The number of aliphatic hydroxyl groups excluding tert-OH is 1. The molecule has 1 fully saturated rings. The van der Waals surface area contributed by atoms with Crippen LogP contribution in [0.25, 0.3) is 0 Å². The summed E-state index contributed by atoms with van der Waals surface area (Å²) >= 11 is 0. The van der Waals surface area contributed by atoms with Crippen LogP contribution in [0.3, 0.4) is 0 Å². The standard InChI is InChI=1S/C15H21NO2/c1-12(17)7-10-15(18)16(14-8-9-14)11-13-5-3-2-4-6-13/h2-6,12,14,17H,7-11H2,1H3. The molecule has 1 N–H and O–H groups in total. The smallest absolute Gasteiger partial charge is 0.223 e. The van der Waals surface area contributed by atoms with Crippen molar-refractivity contribution in [2.45, 2.75) is 51.3 Å². The molecule has 0 aliphatic heterocycles. The first-order chi connectivity index (χ1) is 8.66. The number of hydrogen-bond acceptors (Lipinski definition) is 2. The summed E-state index contributed by atoms with van der Waals surface area (Å²) in [6.45, 7) is 2.43. The quantitative estimate of drug-likeness (QED) is 0.838. The predicted molar refractivity (Wildman–Crippen MR) is 70.9 cm³/mol. The van der Waals surface area contributed by atoms with Gasteiger partial charge in [-0.3, -0.25) is 4.79 Å². The molecule has 3 heteroatoms. The van der Waals surface area contributed by atoms with Crippen LogP contribution in [0.2, 0.25) is 0 Å². The molecule has 1 atom stereocenters. The first kappa shape index (κ1) is 13.1. The van der Waals surface area contributed by atoms with Gasteiger partial charge in [0.25, 0.3) is 0 Å². The lowest BCUT2D eigenvalue weighted by Crippen LogP contribution is -2.32. The molecule has 1 aromatic rings. The molecule has 1 unspecified atom stereocenters. The van der Waals surface area contributed by atoms with Gasteiger partial charge in [0.15, 0.2) is 0 Å². The lowest BCUT2D eigenvalue weighted by atomic mass is 10.1. The van der Waals surface area contributed by atoms with E-state index in [1.54, 1.807) is 6.92 Å². The van der Waals surface area contributed by atoms with Gasteiger partial charge in [-0.15, -0.1) is 0 Å². The Morgan fingerprint density at radius 1 is 1.39 bits per heavy atom. The SMILES string of the molecule is CC(O)CCC(=O)N(Cc1ccccc1)C1CC1. The maximum atomic E-state index is 12.1. The lowest BCUT2D eigenvalue weighted by molar-refractivity contribution is -0.133. The van der Waals surface area contributed by atoms with E-state index in [9.17, 15) is 9.90 Å². The van der Waals surface area contributed by atoms with Gasteiger partial charge in [-0.05, 0) is 31.7 Å². The van der Waals surface area contributed by atoms with Crippen molar-refractivity contribution < 1.29 is 9.90 Å². The van der Waals surface area contributed by atoms with Crippen LogP contribution < -0.4 is 0 Å². The number of aliphatic hydroxyl groups is 1. The van der Waals surface area contributed by atoms with Crippen LogP contribution in [0.5, 0.6) is 0 Å². The summed E-state index contributed by atoms with van der Waals surface area (Å²) in [6.07, 6.45) is 2.84. The van der Waals surface area contributed by atoms with Gasteiger partial charge in [0.2, 0.25) is 5.91 Å². The number of rotatable bonds is 6. The van der Waals surface area contributed by atoms with Crippen molar-refractivity contribution in [3.8, 4) is 0 Å². The molecule has 0 spiro atoms. The molecule has 1 aromatic carbocycles. The van der Waals surface area contributed by atoms with Crippen molar-refractivity contribution >= 4 is 5.91 Å². The fourth-order valence-corrected chi connectivity index (χ4v) is 2.06. The average molecular weight is 247 g/mol. The van der Waals surface area contributed by atoms with Crippen molar-refractivity contribution in [1.29, 1.82) is 0 Å². The normalized spacial score (nSPS) is 16.3. The minimum absolute atomic E-state index is 0.169. The summed E-state index contributed by atoms with van der Waals surface area (Å²) in [5, 5.41) is 9.26. The van der Waals surface area contributed by atoms with E-state index in [0.717, 1.165) is 12.8 Å². The summed E-state index contributed by atoms with van der Waals surface area (Å²) in [6, 6.07) is 10.5. The highest BCUT2D eigenvalue weighted by molar-refractivity contribution is 5.76. The molecule has 1 saturated carbocycles. The van der Waals surface area contributed by atoms with Crippen LogP contribution in [0.4, 0.5) is 0 Å². The van der Waals surface area contributed by atoms with Gasteiger partial charge in [-0.2, -0.15) is 0 Å². The molecular weight excluding hydrogens is 226 g/mol. The largest absolute Gasteiger partial charge is 0.393 e.